The van der Waals surface area contributed by atoms with Crippen molar-refractivity contribution in [2.24, 2.45) is 0 Å². The van der Waals surface area contributed by atoms with Gasteiger partial charge in [-0.15, -0.1) is 0 Å². The predicted molar refractivity (Wildman–Crippen MR) is 149 cm³/mol. The molecule has 0 aromatic heterocycles. The van der Waals surface area contributed by atoms with E-state index in [2.05, 4.69) is 131 Å². The summed E-state index contributed by atoms with van der Waals surface area (Å²) >= 11 is 1.86. The fourth-order valence-electron chi connectivity index (χ4n) is 5.62. The van der Waals surface area contributed by atoms with Gasteiger partial charge < -0.3 is 9.31 Å². The Balaban J connectivity index is 1.51. The van der Waals surface area contributed by atoms with Crippen molar-refractivity contribution >= 4 is 18.9 Å². The minimum atomic E-state index is -0.386. The van der Waals surface area contributed by atoms with Crippen LogP contribution in [0.5, 0.6) is 0 Å². The van der Waals surface area contributed by atoms with Crippen LogP contribution in [0.3, 0.4) is 0 Å². The zero-order valence-electron chi connectivity index (χ0n) is 21.3. The van der Waals surface area contributed by atoms with Gasteiger partial charge in [0, 0.05) is 16.1 Å². The molecule has 0 aliphatic carbocycles. The van der Waals surface area contributed by atoms with Crippen LogP contribution in [-0.2, 0) is 21.0 Å². The minimum absolute atomic E-state index is 0.248. The van der Waals surface area contributed by atoms with Gasteiger partial charge in [0.25, 0.3) is 0 Å². The highest BCUT2D eigenvalue weighted by atomic mass is 32.2. The Hall–Kier alpha value is -2.79. The topological polar surface area (TPSA) is 18.5 Å². The van der Waals surface area contributed by atoms with E-state index in [0.29, 0.717) is 0 Å². The fourth-order valence-corrected chi connectivity index (χ4v) is 6.88. The van der Waals surface area contributed by atoms with E-state index in [-0.39, 0.29) is 23.7 Å². The molecule has 2 aliphatic rings. The van der Waals surface area contributed by atoms with Gasteiger partial charge in [0.05, 0.1) is 16.6 Å². The lowest BCUT2D eigenvalue weighted by Gasteiger charge is -2.42. The first kappa shape index (κ1) is 23.6. The second-order valence-electron chi connectivity index (χ2n) is 10.8. The predicted octanol–water partition coefficient (Wildman–Crippen LogP) is 7.71. The van der Waals surface area contributed by atoms with Gasteiger partial charge in [-0.2, -0.15) is 0 Å². The molecule has 0 saturated carbocycles. The molecule has 4 heteroatoms. The number of fused-ring (bicyclic) bond motifs is 2. The lowest BCUT2D eigenvalue weighted by Crippen LogP contribution is -2.41. The van der Waals surface area contributed by atoms with Gasteiger partial charge in [-0.25, -0.2) is 0 Å². The average Bonchev–Trinajstić information content (AvgIpc) is 3.08. The molecule has 4 aromatic carbocycles. The van der Waals surface area contributed by atoms with Crippen molar-refractivity contribution < 1.29 is 9.31 Å². The monoisotopic (exact) mass is 490 g/mol. The largest absolute Gasteiger partial charge is 0.462 e. The molecular weight excluding hydrogens is 459 g/mol. The zero-order valence-corrected chi connectivity index (χ0v) is 22.1. The molecular formula is C32H31BO2S. The van der Waals surface area contributed by atoms with E-state index in [1.165, 1.54) is 37.6 Å². The third-order valence-corrected chi connectivity index (χ3v) is 9.21. The normalized spacial score (nSPS) is 18.9. The second-order valence-corrected chi connectivity index (χ2v) is 11.9. The maximum atomic E-state index is 6.32. The van der Waals surface area contributed by atoms with Crippen LogP contribution in [0.1, 0.15) is 55.5 Å². The van der Waals surface area contributed by atoms with E-state index in [1.807, 2.05) is 11.8 Å². The first-order valence-corrected chi connectivity index (χ1v) is 13.5. The number of rotatable bonds is 4. The van der Waals surface area contributed by atoms with Crippen LogP contribution >= 0.6 is 11.8 Å². The molecule has 0 amide bonds. The molecule has 2 aliphatic heterocycles. The first-order valence-electron chi connectivity index (χ1n) is 12.7. The van der Waals surface area contributed by atoms with E-state index in [1.54, 1.807) is 0 Å². The standard InChI is InChI=1S/C32H31BO2S/c1-30(2)31(3,4)35-33(34-30)22-23-19-20-27-29(21-23)36-28-18-12-11-17-26(28)32(27,24-13-7-5-8-14-24)25-15-9-6-10-16-25/h5-21H,22H2,1-4H3. The molecule has 0 unspecified atom stereocenters. The van der Waals surface area contributed by atoms with Crippen molar-refractivity contribution in [3.05, 3.63) is 131 Å². The Kier molecular flexibility index (Phi) is 5.68. The molecule has 1 fully saturated rings. The lowest BCUT2D eigenvalue weighted by atomic mass is 9.64. The molecule has 0 N–H and O–H groups in total. The molecule has 0 atom stereocenters. The Morgan fingerprint density at radius 1 is 0.611 bits per heavy atom. The summed E-state index contributed by atoms with van der Waals surface area (Å²) < 4.78 is 12.6. The van der Waals surface area contributed by atoms with Crippen molar-refractivity contribution in [2.45, 2.75) is 60.4 Å². The summed E-state index contributed by atoms with van der Waals surface area (Å²) in [6.07, 6.45) is 0.728. The van der Waals surface area contributed by atoms with Gasteiger partial charge in [0.1, 0.15) is 0 Å². The molecule has 36 heavy (non-hydrogen) atoms. The number of hydrogen-bond acceptors (Lipinski definition) is 3. The third kappa shape index (κ3) is 3.66. The molecule has 0 bridgehead atoms. The van der Waals surface area contributed by atoms with Crippen molar-refractivity contribution in [3.63, 3.8) is 0 Å². The van der Waals surface area contributed by atoms with E-state index >= 15 is 0 Å². The Bertz CT molecular complexity index is 1340. The lowest BCUT2D eigenvalue weighted by molar-refractivity contribution is 0.00578. The molecule has 4 aromatic rings. The van der Waals surface area contributed by atoms with Crippen LogP contribution in [-0.4, -0.2) is 18.3 Å². The van der Waals surface area contributed by atoms with Crippen LogP contribution in [0, 0.1) is 0 Å². The van der Waals surface area contributed by atoms with Gasteiger partial charge in [0.2, 0.25) is 0 Å². The second kappa shape index (κ2) is 8.66. The van der Waals surface area contributed by atoms with Crippen molar-refractivity contribution in [2.75, 3.05) is 0 Å². The quantitative estimate of drug-likeness (QED) is 0.241. The number of hydrogen-bond donors (Lipinski definition) is 0. The summed E-state index contributed by atoms with van der Waals surface area (Å²) in [5.74, 6) is 0. The van der Waals surface area contributed by atoms with E-state index in [9.17, 15) is 0 Å². The first-order chi connectivity index (χ1) is 17.3. The van der Waals surface area contributed by atoms with Crippen molar-refractivity contribution in [3.8, 4) is 0 Å². The highest BCUT2D eigenvalue weighted by Crippen LogP contribution is 2.55. The summed E-state index contributed by atoms with van der Waals surface area (Å²) in [7, 11) is -0.248. The van der Waals surface area contributed by atoms with E-state index in [4.69, 9.17) is 9.31 Å². The van der Waals surface area contributed by atoms with Gasteiger partial charge >= 0.3 is 7.12 Å². The van der Waals surface area contributed by atoms with Gasteiger partial charge in [0.15, 0.2) is 0 Å². The van der Waals surface area contributed by atoms with Crippen LogP contribution in [0.2, 0.25) is 0 Å². The highest BCUT2D eigenvalue weighted by Gasteiger charge is 2.51. The van der Waals surface area contributed by atoms with Crippen molar-refractivity contribution in [1.82, 2.24) is 0 Å². The molecule has 0 radical (unpaired) electrons. The smallest absolute Gasteiger partial charge is 0.403 e. The molecule has 1 saturated heterocycles. The van der Waals surface area contributed by atoms with Gasteiger partial charge in [-0.3, -0.25) is 0 Å². The fraction of sp³-hybridized carbons (Fsp3) is 0.250. The summed E-state index contributed by atoms with van der Waals surface area (Å²) in [4.78, 5) is 2.58. The number of benzene rings is 4. The molecule has 2 heterocycles. The highest BCUT2D eigenvalue weighted by molar-refractivity contribution is 7.99. The SMILES string of the molecule is CC1(C)OB(Cc2ccc3c(c2)Sc2ccccc2C3(c2ccccc2)c2ccccc2)OC1(C)C. The maximum absolute atomic E-state index is 6.32. The van der Waals surface area contributed by atoms with Gasteiger partial charge in [-0.05, 0) is 67.6 Å². The van der Waals surface area contributed by atoms with Gasteiger partial charge in [-0.1, -0.05) is 103 Å². The molecule has 0 spiro atoms. The molecule has 6 rings (SSSR count). The van der Waals surface area contributed by atoms with Crippen LogP contribution < -0.4 is 0 Å². The van der Waals surface area contributed by atoms with Crippen LogP contribution in [0.4, 0.5) is 0 Å². The Morgan fingerprint density at radius 2 is 1.14 bits per heavy atom. The summed E-state index contributed by atoms with van der Waals surface area (Å²) in [6.45, 7) is 8.45. The summed E-state index contributed by atoms with van der Waals surface area (Å²) in [5.41, 5.74) is 5.41. The zero-order chi connectivity index (χ0) is 25.0. The average molecular weight is 490 g/mol. The van der Waals surface area contributed by atoms with Crippen LogP contribution in [0.25, 0.3) is 0 Å². The maximum Gasteiger partial charge on any atom is 0.462 e. The minimum Gasteiger partial charge on any atom is -0.403 e. The molecule has 180 valence electrons. The summed E-state index contributed by atoms with van der Waals surface area (Å²) in [5, 5.41) is 0. The molecule has 2 nitrogen and oxygen atoms in total. The third-order valence-electron chi connectivity index (χ3n) is 8.08. The van der Waals surface area contributed by atoms with Crippen LogP contribution in [0.15, 0.2) is 113 Å². The summed E-state index contributed by atoms with van der Waals surface area (Å²) in [6, 6.07) is 37.7. The van der Waals surface area contributed by atoms with Crippen molar-refractivity contribution in [1.29, 1.82) is 0 Å². The van der Waals surface area contributed by atoms with E-state index < -0.39 is 0 Å². The van der Waals surface area contributed by atoms with E-state index in [0.717, 1.165) is 6.32 Å². The Labute approximate surface area is 219 Å². The Morgan fingerprint density at radius 3 is 1.75 bits per heavy atom.